The number of carbonyl (C=O) groups excluding carboxylic acids is 3. The molecule has 7 heteroatoms. The molecule has 0 radical (unpaired) electrons. The summed E-state index contributed by atoms with van der Waals surface area (Å²) in [6.45, 7) is 0. The fourth-order valence-corrected chi connectivity index (χ4v) is 3.91. The summed E-state index contributed by atoms with van der Waals surface area (Å²) in [4.78, 5) is 36.9. The average Bonchev–Trinajstić information content (AvgIpc) is 3.29. The summed E-state index contributed by atoms with van der Waals surface area (Å²) in [5.41, 5.74) is 3.73. The number of carbonyl (C=O) groups is 3. The molecule has 0 aliphatic heterocycles. The van der Waals surface area contributed by atoms with E-state index >= 15 is 0 Å². The molecule has 2 fully saturated rings. The Bertz CT molecular complexity index is 845. The van der Waals surface area contributed by atoms with Gasteiger partial charge in [0.25, 0.3) is 11.8 Å². The van der Waals surface area contributed by atoms with Crippen molar-refractivity contribution in [3.8, 4) is 0 Å². The first kappa shape index (κ1) is 21.8. The lowest BCUT2D eigenvalue weighted by Crippen LogP contribution is -2.32. The largest absolute Gasteiger partial charge is 0.458 e. The van der Waals surface area contributed by atoms with Crippen molar-refractivity contribution in [2.24, 2.45) is 0 Å². The first-order valence-electron chi connectivity index (χ1n) is 10.5. The van der Waals surface area contributed by atoms with E-state index in [0.717, 1.165) is 69.4 Å². The Kier molecular flexibility index (Phi) is 7.79. The summed E-state index contributed by atoms with van der Waals surface area (Å²) < 4.78 is 5.67. The number of hydroxylamine groups is 1. The fraction of sp³-hybridized carbons (Fsp3) is 0.435. The molecule has 7 nitrogen and oxygen atoms in total. The van der Waals surface area contributed by atoms with Crippen molar-refractivity contribution in [2.45, 2.75) is 63.9 Å². The average molecular weight is 412 g/mol. The Morgan fingerprint density at radius 1 is 1.03 bits per heavy atom. The van der Waals surface area contributed by atoms with E-state index in [1.54, 1.807) is 24.3 Å². The summed E-state index contributed by atoms with van der Waals surface area (Å²) in [6.07, 6.45) is 11.1. The number of rotatable bonds is 6. The third kappa shape index (κ3) is 6.03. The zero-order valence-corrected chi connectivity index (χ0v) is 17.0. The van der Waals surface area contributed by atoms with Gasteiger partial charge < -0.3 is 10.1 Å². The van der Waals surface area contributed by atoms with Crippen molar-refractivity contribution in [1.29, 1.82) is 0 Å². The Hall–Kier alpha value is -2.93. The van der Waals surface area contributed by atoms with Gasteiger partial charge in [-0.25, -0.2) is 10.3 Å². The number of nitrogens with one attached hydrogen (secondary N) is 2. The highest BCUT2D eigenvalue weighted by atomic mass is 16.5. The van der Waals surface area contributed by atoms with Crippen molar-refractivity contribution < 1.29 is 24.3 Å². The maximum absolute atomic E-state index is 12.9. The van der Waals surface area contributed by atoms with E-state index in [0.29, 0.717) is 11.1 Å². The molecule has 1 aromatic carbocycles. The first-order valence-corrected chi connectivity index (χ1v) is 10.5. The Morgan fingerprint density at radius 2 is 1.77 bits per heavy atom. The number of esters is 1. The van der Waals surface area contributed by atoms with Gasteiger partial charge in [-0.1, -0.05) is 18.6 Å². The van der Waals surface area contributed by atoms with E-state index in [2.05, 4.69) is 5.32 Å². The predicted octanol–water partition coefficient (Wildman–Crippen LogP) is 3.64. The van der Waals surface area contributed by atoms with E-state index in [-0.39, 0.29) is 11.8 Å². The van der Waals surface area contributed by atoms with Crippen LogP contribution in [0, 0.1) is 0 Å². The Morgan fingerprint density at radius 3 is 2.47 bits per heavy atom. The lowest BCUT2D eigenvalue weighted by atomic mass is 9.93. The van der Waals surface area contributed by atoms with E-state index in [1.807, 2.05) is 0 Å². The molecule has 0 heterocycles. The number of amides is 2. The number of hydrogen-bond donors (Lipinski definition) is 3. The second-order valence-corrected chi connectivity index (χ2v) is 7.74. The normalized spacial score (nSPS) is 17.0. The van der Waals surface area contributed by atoms with Gasteiger partial charge in [-0.2, -0.15) is 0 Å². The van der Waals surface area contributed by atoms with Gasteiger partial charge in [0.1, 0.15) is 11.8 Å². The summed E-state index contributed by atoms with van der Waals surface area (Å²) in [7, 11) is 0. The number of allylic oxidation sites excluding steroid dienone is 1. The predicted molar refractivity (Wildman–Crippen MR) is 111 cm³/mol. The maximum Gasteiger partial charge on any atom is 0.355 e. The molecule has 0 saturated heterocycles. The van der Waals surface area contributed by atoms with Gasteiger partial charge in [-0.15, -0.1) is 0 Å². The fourth-order valence-electron chi connectivity index (χ4n) is 3.91. The van der Waals surface area contributed by atoms with Gasteiger partial charge in [-0.05, 0) is 80.7 Å². The van der Waals surface area contributed by atoms with Crippen LogP contribution in [0.25, 0.3) is 6.08 Å². The van der Waals surface area contributed by atoms with Crippen LogP contribution in [0.2, 0.25) is 0 Å². The summed E-state index contributed by atoms with van der Waals surface area (Å²) in [5, 5.41) is 11.4. The van der Waals surface area contributed by atoms with Gasteiger partial charge in [0, 0.05) is 11.6 Å². The number of hydrogen-bond acceptors (Lipinski definition) is 5. The highest BCUT2D eigenvalue weighted by molar-refractivity contribution is 6.02. The van der Waals surface area contributed by atoms with Gasteiger partial charge in [0.15, 0.2) is 0 Å². The van der Waals surface area contributed by atoms with E-state index < -0.39 is 17.8 Å². The molecule has 2 aliphatic carbocycles. The third-order valence-electron chi connectivity index (χ3n) is 5.52. The summed E-state index contributed by atoms with van der Waals surface area (Å²) >= 11 is 0. The van der Waals surface area contributed by atoms with Gasteiger partial charge >= 0.3 is 5.97 Å². The minimum atomic E-state index is -0.663. The van der Waals surface area contributed by atoms with Crippen molar-refractivity contribution in [2.75, 3.05) is 0 Å². The standard InChI is InChI=1S/C23H28N2O5/c26-20(25-29)14-13-16-7-6-10-18(15-16)22(27)24-21(17-8-2-1-3-9-17)23(28)30-19-11-4-5-12-19/h6-7,10,13-15,19,29H,1-5,8-9,11-12H2,(H,24,27)(H,25,26)/b14-13+. The van der Waals surface area contributed by atoms with Crippen LogP contribution in [0.1, 0.15) is 73.7 Å². The molecule has 3 N–H and O–H groups in total. The number of ether oxygens (including phenoxy) is 1. The quantitative estimate of drug-likeness (QED) is 0.286. The molecule has 30 heavy (non-hydrogen) atoms. The molecule has 0 spiro atoms. The molecule has 0 atom stereocenters. The van der Waals surface area contributed by atoms with Crippen LogP contribution in [-0.4, -0.2) is 29.1 Å². The van der Waals surface area contributed by atoms with Gasteiger partial charge in [0.2, 0.25) is 0 Å². The van der Waals surface area contributed by atoms with E-state index in [9.17, 15) is 14.4 Å². The molecule has 2 saturated carbocycles. The van der Waals surface area contributed by atoms with Crippen LogP contribution in [0.15, 0.2) is 41.6 Å². The maximum atomic E-state index is 12.9. The zero-order chi connectivity index (χ0) is 21.3. The monoisotopic (exact) mass is 412 g/mol. The second-order valence-electron chi connectivity index (χ2n) is 7.74. The molecule has 0 bridgehead atoms. The minimum Gasteiger partial charge on any atom is -0.458 e. The Balaban J connectivity index is 1.76. The smallest absolute Gasteiger partial charge is 0.355 e. The van der Waals surface area contributed by atoms with Crippen molar-refractivity contribution in [3.05, 3.63) is 52.7 Å². The first-order chi connectivity index (χ1) is 14.6. The van der Waals surface area contributed by atoms with Crippen molar-refractivity contribution in [1.82, 2.24) is 10.8 Å². The molecule has 0 aromatic heterocycles. The number of benzene rings is 1. The van der Waals surface area contributed by atoms with Gasteiger partial charge in [0.05, 0.1) is 0 Å². The van der Waals surface area contributed by atoms with Crippen molar-refractivity contribution >= 4 is 23.9 Å². The molecule has 2 amide bonds. The highest BCUT2D eigenvalue weighted by Gasteiger charge is 2.26. The topological polar surface area (TPSA) is 105 Å². The second kappa shape index (κ2) is 10.7. The molecule has 160 valence electrons. The van der Waals surface area contributed by atoms with E-state index in [1.165, 1.54) is 11.6 Å². The third-order valence-corrected chi connectivity index (χ3v) is 5.52. The molecular formula is C23H28N2O5. The van der Waals surface area contributed by atoms with Crippen molar-refractivity contribution in [3.63, 3.8) is 0 Å². The lowest BCUT2D eigenvalue weighted by molar-refractivity contribution is -0.144. The van der Waals surface area contributed by atoms with E-state index in [4.69, 9.17) is 9.94 Å². The molecule has 2 aliphatic rings. The molecule has 0 unspecified atom stereocenters. The Labute approximate surface area is 176 Å². The van der Waals surface area contributed by atoms with Crippen LogP contribution < -0.4 is 10.8 Å². The SMILES string of the molecule is O=C(/C=C/c1cccc(C(=O)NC(C(=O)OC2CCCC2)=C2CCCCC2)c1)NO. The van der Waals surface area contributed by atoms with Crippen LogP contribution in [0.3, 0.4) is 0 Å². The zero-order valence-electron chi connectivity index (χ0n) is 17.0. The van der Waals surface area contributed by atoms with Gasteiger partial charge in [-0.3, -0.25) is 14.8 Å². The summed E-state index contributed by atoms with van der Waals surface area (Å²) in [5.74, 6) is -1.50. The van der Waals surface area contributed by atoms with Crippen LogP contribution >= 0.6 is 0 Å². The lowest BCUT2D eigenvalue weighted by Gasteiger charge is -2.21. The summed E-state index contributed by atoms with van der Waals surface area (Å²) in [6, 6.07) is 6.68. The van der Waals surface area contributed by atoms with Crippen LogP contribution in [0.4, 0.5) is 0 Å². The van der Waals surface area contributed by atoms with Crippen LogP contribution in [0.5, 0.6) is 0 Å². The highest BCUT2D eigenvalue weighted by Crippen LogP contribution is 2.27. The molecule has 1 aromatic rings. The minimum absolute atomic E-state index is 0.0697. The molecule has 3 rings (SSSR count). The van der Waals surface area contributed by atoms with Crippen LogP contribution in [-0.2, 0) is 14.3 Å². The molecular weight excluding hydrogens is 384 g/mol.